The highest BCUT2D eigenvalue weighted by molar-refractivity contribution is 7.80. The number of thiol groups is 1. The molecule has 1 aliphatic rings. The smallest absolute Gasteiger partial charge is 0.125 e. The average Bonchev–Trinajstić information content (AvgIpc) is 1.57. The van der Waals surface area contributed by atoms with Gasteiger partial charge in [-0.05, 0) is 6.92 Å². The van der Waals surface area contributed by atoms with E-state index in [4.69, 9.17) is 0 Å². The highest BCUT2D eigenvalue weighted by Gasteiger charge is 2.27. The Bertz CT molecular complexity index is 80.5. The van der Waals surface area contributed by atoms with Crippen LogP contribution in [0.1, 0.15) is 6.92 Å². The van der Waals surface area contributed by atoms with E-state index in [0.29, 0.717) is 13.1 Å². The van der Waals surface area contributed by atoms with Crippen LogP contribution in [-0.4, -0.2) is 29.5 Å². The van der Waals surface area contributed by atoms with Crippen molar-refractivity contribution in [1.29, 1.82) is 0 Å². The molecule has 48 valence electrons. The summed E-state index contributed by atoms with van der Waals surface area (Å²) in [5.74, 6) is 0. The maximum atomic E-state index is 12.1. The van der Waals surface area contributed by atoms with Crippen molar-refractivity contribution < 1.29 is 4.39 Å². The third-order valence-corrected chi connectivity index (χ3v) is 1.72. The fourth-order valence-electron chi connectivity index (χ4n) is 0.761. The van der Waals surface area contributed by atoms with Gasteiger partial charge >= 0.3 is 0 Å². The van der Waals surface area contributed by atoms with E-state index in [1.54, 1.807) is 0 Å². The van der Waals surface area contributed by atoms with E-state index >= 15 is 0 Å². The molecular formula is C5H10FNS. The van der Waals surface area contributed by atoms with Gasteiger partial charge in [0.2, 0.25) is 0 Å². The average molecular weight is 135 g/mol. The first-order chi connectivity index (χ1) is 3.70. The van der Waals surface area contributed by atoms with Gasteiger partial charge in [0.05, 0.1) is 5.37 Å². The van der Waals surface area contributed by atoms with Crippen LogP contribution in [0.25, 0.3) is 0 Å². The summed E-state index contributed by atoms with van der Waals surface area (Å²) in [5, 5.41) is 0.224. The number of hydrogen-bond donors (Lipinski definition) is 1. The number of likely N-dealkylation sites (tertiary alicyclic amines) is 1. The third kappa shape index (κ3) is 1.14. The van der Waals surface area contributed by atoms with Gasteiger partial charge < -0.3 is 0 Å². The molecule has 1 unspecified atom stereocenters. The van der Waals surface area contributed by atoms with Crippen molar-refractivity contribution in [3.8, 4) is 0 Å². The van der Waals surface area contributed by atoms with Gasteiger partial charge in [0, 0.05) is 13.1 Å². The molecule has 0 N–H and O–H groups in total. The maximum absolute atomic E-state index is 12.1. The van der Waals surface area contributed by atoms with Gasteiger partial charge in [-0.2, -0.15) is 12.6 Å². The Morgan fingerprint density at radius 1 is 1.75 bits per heavy atom. The van der Waals surface area contributed by atoms with Crippen molar-refractivity contribution in [2.24, 2.45) is 0 Å². The van der Waals surface area contributed by atoms with Crippen LogP contribution in [0.2, 0.25) is 0 Å². The van der Waals surface area contributed by atoms with Crippen molar-refractivity contribution >= 4 is 12.6 Å². The SMILES string of the molecule is CC(S)N1CC(F)C1. The molecule has 0 aromatic heterocycles. The van der Waals surface area contributed by atoms with E-state index in [1.165, 1.54) is 0 Å². The molecule has 8 heavy (non-hydrogen) atoms. The lowest BCUT2D eigenvalue weighted by atomic mass is 10.2. The second-order valence-electron chi connectivity index (χ2n) is 2.18. The molecule has 0 aromatic carbocycles. The minimum Gasteiger partial charge on any atom is -0.286 e. The largest absolute Gasteiger partial charge is 0.286 e. The Labute approximate surface area is 54.3 Å². The Kier molecular flexibility index (Phi) is 1.77. The summed E-state index contributed by atoms with van der Waals surface area (Å²) < 4.78 is 12.1. The molecule has 0 amide bonds. The van der Waals surface area contributed by atoms with Crippen LogP contribution in [0.4, 0.5) is 4.39 Å². The van der Waals surface area contributed by atoms with Crippen LogP contribution < -0.4 is 0 Å². The third-order valence-electron chi connectivity index (χ3n) is 1.39. The number of alkyl halides is 1. The normalized spacial score (nSPS) is 27.4. The van der Waals surface area contributed by atoms with E-state index in [-0.39, 0.29) is 5.37 Å². The molecule has 0 bridgehead atoms. The highest BCUT2D eigenvalue weighted by atomic mass is 32.1. The number of halogens is 1. The predicted molar refractivity (Wildman–Crippen MR) is 34.9 cm³/mol. The molecule has 0 saturated carbocycles. The fraction of sp³-hybridized carbons (Fsp3) is 1.00. The molecule has 1 saturated heterocycles. The molecule has 1 fully saturated rings. The molecule has 0 spiro atoms. The first kappa shape index (κ1) is 6.36. The zero-order valence-electron chi connectivity index (χ0n) is 4.84. The van der Waals surface area contributed by atoms with E-state index in [0.717, 1.165) is 0 Å². The maximum Gasteiger partial charge on any atom is 0.125 e. The van der Waals surface area contributed by atoms with Crippen LogP contribution in [0, 0.1) is 0 Å². The van der Waals surface area contributed by atoms with Crippen LogP contribution in [0.5, 0.6) is 0 Å². The van der Waals surface area contributed by atoms with Gasteiger partial charge in [0.25, 0.3) is 0 Å². The van der Waals surface area contributed by atoms with E-state index in [1.807, 2.05) is 11.8 Å². The summed E-state index contributed by atoms with van der Waals surface area (Å²) in [6.45, 7) is 3.10. The Morgan fingerprint density at radius 2 is 2.25 bits per heavy atom. The molecule has 1 rings (SSSR count). The van der Waals surface area contributed by atoms with Crippen LogP contribution >= 0.6 is 12.6 Å². The first-order valence-corrected chi connectivity index (χ1v) is 3.28. The van der Waals surface area contributed by atoms with Gasteiger partial charge in [-0.3, -0.25) is 4.90 Å². The van der Waals surface area contributed by atoms with Gasteiger partial charge in [-0.1, -0.05) is 0 Å². The predicted octanol–water partition coefficient (Wildman–Crippen LogP) is 0.916. The van der Waals surface area contributed by atoms with Crippen LogP contribution in [-0.2, 0) is 0 Å². The zero-order chi connectivity index (χ0) is 6.15. The Hall–Kier alpha value is 0.240. The molecule has 0 aromatic rings. The van der Waals surface area contributed by atoms with Crippen LogP contribution in [0.3, 0.4) is 0 Å². The van der Waals surface area contributed by atoms with E-state index < -0.39 is 6.17 Å². The molecule has 0 radical (unpaired) electrons. The Balaban J connectivity index is 2.15. The van der Waals surface area contributed by atoms with Crippen molar-refractivity contribution in [2.75, 3.05) is 13.1 Å². The topological polar surface area (TPSA) is 3.24 Å². The molecule has 0 aliphatic carbocycles. The minimum atomic E-state index is -0.593. The number of nitrogens with zero attached hydrogens (tertiary/aromatic N) is 1. The number of hydrogen-bond acceptors (Lipinski definition) is 2. The molecule has 1 nitrogen and oxygen atoms in total. The van der Waals surface area contributed by atoms with Crippen molar-refractivity contribution in [3.05, 3.63) is 0 Å². The molecule has 1 heterocycles. The van der Waals surface area contributed by atoms with Crippen molar-refractivity contribution in [2.45, 2.75) is 18.5 Å². The highest BCUT2D eigenvalue weighted by Crippen LogP contribution is 2.15. The molecule has 1 atom stereocenters. The summed E-state index contributed by atoms with van der Waals surface area (Å²) in [5.41, 5.74) is 0. The van der Waals surface area contributed by atoms with E-state index in [2.05, 4.69) is 12.6 Å². The summed E-state index contributed by atoms with van der Waals surface area (Å²) in [6, 6.07) is 0. The lowest BCUT2D eigenvalue weighted by molar-refractivity contribution is 0.0613. The quantitative estimate of drug-likeness (QED) is 0.523. The van der Waals surface area contributed by atoms with Gasteiger partial charge in [0.15, 0.2) is 0 Å². The standard InChI is InChI=1S/C5H10FNS/c1-4(8)7-2-5(6)3-7/h4-5,8H,2-3H2,1H3. The van der Waals surface area contributed by atoms with Gasteiger partial charge in [-0.25, -0.2) is 4.39 Å². The summed E-state index contributed by atoms with van der Waals surface area (Å²) in [7, 11) is 0. The van der Waals surface area contributed by atoms with Gasteiger partial charge in [0.1, 0.15) is 6.17 Å². The monoisotopic (exact) mass is 135 g/mol. The van der Waals surface area contributed by atoms with Crippen molar-refractivity contribution in [1.82, 2.24) is 4.90 Å². The number of rotatable bonds is 1. The second kappa shape index (κ2) is 2.23. The first-order valence-electron chi connectivity index (χ1n) is 2.76. The van der Waals surface area contributed by atoms with Gasteiger partial charge in [-0.15, -0.1) is 0 Å². The molecule has 3 heteroatoms. The van der Waals surface area contributed by atoms with E-state index in [9.17, 15) is 4.39 Å². The second-order valence-corrected chi connectivity index (χ2v) is 2.93. The summed E-state index contributed by atoms with van der Waals surface area (Å²) >= 11 is 4.12. The fourth-order valence-corrected chi connectivity index (χ4v) is 0.949. The van der Waals surface area contributed by atoms with Crippen LogP contribution in [0.15, 0.2) is 0 Å². The van der Waals surface area contributed by atoms with Crippen molar-refractivity contribution in [3.63, 3.8) is 0 Å². The summed E-state index contributed by atoms with van der Waals surface area (Å²) in [4.78, 5) is 1.98. The lowest BCUT2D eigenvalue weighted by Crippen LogP contribution is -2.50. The minimum absolute atomic E-state index is 0.224. The summed E-state index contributed by atoms with van der Waals surface area (Å²) in [6.07, 6.45) is -0.593. The Morgan fingerprint density at radius 3 is 2.38 bits per heavy atom. The zero-order valence-corrected chi connectivity index (χ0v) is 5.74. The lowest BCUT2D eigenvalue weighted by Gasteiger charge is -2.36. The molecular weight excluding hydrogens is 125 g/mol. The molecule has 1 aliphatic heterocycles.